The van der Waals surface area contributed by atoms with Gasteiger partial charge in [-0.25, -0.2) is 4.79 Å². The molecule has 0 fully saturated rings. The van der Waals surface area contributed by atoms with Gasteiger partial charge in [-0.05, 0) is 44.0 Å². The molecule has 0 saturated heterocycles. The molecule has 0 radical (unpaired) electrons. The van der Waals surface area contributed by atoms with E-state index >= 15 is 0 Å². The second kappa shape index (κ2) is 7.15. The molecule has 1 aromatic carbocycles. The minimum Gasteiger partial charge on any atom is -0.454 e. The summed E-state index contributed by atoms with van der Waals surface area (Å²) >= 11 is 1.40. The van der Waals surface area contributed by atoms with Crippen LogP contribution in [0.1, 0.15) is 43.1 Å². The van der Waals surface area contributed by atoms with Crippen molar-refractivity contribution in [2.75, 3.05) is 6.61 Å². The second-order valence-corrected chi connectivity index (χ2v) is 7.13. The standard InChI is InChI=1S/C20H19NO3S/c1-4-15-19(13(3)14-7-5-6-8-16(14)21-15)20(23)24-11-17(22)18-10-9-12(2)25-18/h5-10H,4,11H2,1-3H3. The molecular formula is C20H19NO3S. The van der Waals surface area contributed by atoms with Gasteiger partial charge in [0.2, 0.25) is 5.78 Å². The van der Waals surface area contributed by atoms with Crippen LogP contribution in [0.15, 0.2) is 36.4 Å². The number of pyridine rings is 1. The highest BCUT2D eigenvalue weighted by Gasteiger charge is 2.20. The van der Waals surface area contributed by atoms with Crippen LogP contribution >= 0.6 is 11.3 Å². The van der Waals surface area contributed by atoms with Crippen LogP contribution < -0.4 is 0 Å². The Hall–Kier alpha value is -2.53. The van der Waals surface area contributed by atoms with Gasteiger partial charge in [-0.15, -0.1) is 11.3 Å². The highest BCUT2D eigenvalue weighted by Crippen LogP contribution is 2.24. The average Bonchev–Trinajstić information content (AvgIpc) is 3.05. The molecule has 25 heavy (non-hydrogen) atoms. The maximum absolute atomic E-state index is 12.6. The van der Waals surface area contributed by atoms with Crippen molar-refractivity contribution in [1.29, 1.82) is 0 Å². The lowest BCUT2D eigenvalue weighted by molar-refractivity contribution is 0.0473. The summed E-state index contributed by atoms with van der Waals surface area (Å²) in [6, 6.07) is 11.4. The number of rotatable bonds is 5. The van der Waals surface area contributed by atoms with E-state index in [2.05, 4.69) is 4.98 Å². The van der Waals surface area contributed by atoms with Crippen LogP contribution in [0, 0.1) is 13.8 Å². The zero-order valence-electron chi connectivity index (χ0n) is 14.5. The Balaban J connectivity index is 1.86. The Labute approximate surface area is 150 Å². The zero-order valence-corrected chi connectivity index (χ0v) is 15.3. The number of carbonyl (C=O) groups is 2. The van der Waals surface area contributed by atoms with Gasteiger partial charge in [0.15, 0.2) is 6.61 Å². The fraction of sp³-hybridized carbons (Fsp3) is 0.250. The number of carbonyl (C=O) groups excluding carboxylic acids is 2. The summed E-state index contributed by atoms with van der Waals surface area (Å²) < 4.78 is 5.30. The number of nitrogens with zero attached hydrogens (tertiary/aromatic N) is 1. The molecule has 128 valence electrons. The fourth-order valence-electron chi connectivity index (χ4n) is 2.83. The summed E-state index contributed by atoms with van der Waals surface area (Å²) in [5.41, 5.74) is 2.86. The van der Waals surface area contributed by atoms with E-state index in [0.717, 1.165) is 21.3 Å². The Morgan fingerprint density at radius 2 is 1.88 bits per heavy atom. The lowest BCUT2D eigenvalue weighted by Gasteiger charge is -2.13. The van der Waals surface area contributed by atoms with Crippen LogP contribution in [0.4, 0.5) is 0 Å². The lowest BCUT2D eigenvalue weighted by Crippen LogP contribution is -2.17. The van der Waals surface area contributed by atoms with E-state index in [1.807, 2.05) is 51.1 Å². The van der Waals surface area contributed by atoms with E-state index in [1.54, 1.807) is 6.07 Å². The van der Waals surface area contributed by atoms with Crippen molar-refractivity contribution >= 4 is 34.0 Å². The summed E-state index contributed by atoms with van der Waals surface area (Å²) in [7, 11) is 0. The van der Waals surface area contributed by atoms with Crippen molar-refractivity contribution in [3.63, 3.8) is 0 Å². The second-order valence-electron chi connectivity index (χ2n) is 5.84. The monoisotopic (exact) mass is 353 g/mol. The van der Waals surface area contributed by atoms with E-state index in [1.165, 1.54) is 11.3 Å². The molecule has 4 nitrogen and oxygen atoms in total. The highest BCUT2D eigenvalue weighted by molar-refractivity contribution is 7.14. The minimum absolute atomic E-state index is 0.184. The van der Waals surface area contributed by atoms with Gasteiger partial charge in [0, 0.05) is 10.3 Å². The molecule has 2 aromatic heterocycles. The highest BCUT2D eigenvalue weighted by atomic mass is 32.1. The number of aryl methyl sites for hydroxylation is 3. The minimum atomic E-state index is -0.491. The summed E-state index contributed by atoms with van der Waals surface area (Å²) in [6.45, 7) is 5.52. The third-order valence-electron chi connectivity index (χ3n) is 4.12. The molecule has 0 atom stereocenters. The Kier molecular flexibility index (Phi) is 4.95. The van der Waals surface area contributed by atoms with E-state index in [4.69, 9.17) is 4.74 Å². The van der Waals surface area contributed by atoms with Crippen molar-refractivity contribution in [2.45, 2.75) is 27.2 Å². The van der Waals surface area contributed by atoms with Gasteiger partial charge in [0.05, 0.1) is 21.7 Å². The quantitative estimate of drug-likeness (QED) is 0.500. The number of benzene rings is 1. The molecule has 0 unspecified atom stereocenters. The Morgan fingerprint density at radius 3 is 2.56 bits per heavy atom. The Bertz CT molecular complexity index is 959. The van der Waals surface area contributed by atoms with Crippen LogP contribution in [-0.4, -0.2) is 23.3 Å². The van der Waals surface area contributed by atoms with E-state index in [-0.39, 0.29) is 12.4 Å². The van der Waals surface area contributed by atoms with Crippen molar-refractivity contribution in [1.82, 2.24) is 4.98 Å². The normalized spacial score (nSPS) is 10.8. The van der Waals surface area contributed by atoms with Gasteiger partial charge in [-0.1, -0.05) is 25.1 Å². The van der Waals surface area contributed by atoms with Crippen molar-refractivity contribution in [2.24, 2.45) is 0 Å². The first-order valence-corrected chi connectivity index (χ1v) is 8.98. The summed E-state index contributed by atoms with van der Waals surface area (Å²) in [5, 5.41) is 0.923. The number of para-hydroxylation sites is 1. The maximum atomic E-state index is 12.6. The van der Waals surface area contributed by atoms with Crippen LogP contribution in [0.25, 0.3) is 10.9 Å². The van der Waals surface area contributed by atoms with Gasteiger partial charge in [0.25, 0.3) is 0 Å². The molecule has 0 saturated carbocycles. The number of Topliss-reactive ketones (excluding diaryl/α,β-unsaturated/α-hetero) is 1. The van der Waals surface area contributed by atoms with Crippen molar-refractivity contribution in [3.05, 3.63) is 63.0 Å². The number of hydrogen-bond acceptors (Lipinski definition) is 5. The molecular weight excluding hydrogens is 334 g/mol. The van der Waals surface area contributed by atoms with E-state index < -0.39 is 5.97 Å². The maximum Gasteiger partial charge on any atom is 0.340 e. The number of ether oxygens (including phenoxy) is 1. The number of ketones is 1. The molecule has 0 aliphatic rings. The van der Waals surface area contributed by atoms with Gasteiger partial charge in [-0.3, -0.25) is 9.78 Å². The molecule has 0 aliphatic carbocycles. The molecule has 3 aromatic rings. The summed E-state index contributed by atoms with van der Waals surface area (Å²) in [4.78, 5) is 31.0. The average molecular weight is 353 g/mol. The molecule has 5 heteroatoms. The third kappa shape index (κ3) is 3.46. The van der Waals surface area contributed by atoms with Crippen molar-refractivity contribution < 1.29 is 14.3 Å². The van der Waals surface area contributed by atoms with Gasteiger partial charge < -0.3 is 4.74 Å². The number of esters is 1. The van der Waals surface area contributed by atoms with Gasteiger partial charge in [-0.2, -0.15) is 0 Å². The van der Waals surface area contributed by atoms with Gasteiger partial charge >= 0.3 is 5.97 Å². The molecule has 0 bridgehead atoms. The Morgan fingerprint density at radius 1 is 1.12 bits per heavy atom. The smallest absolute Gasteiger partial charge is 0.340 e. The number of thiophene rings is 1. The predicted molar refractivity (Wildman–Crippen MR) is 99.5 cm³/mol. The SMILES string of the molecule is CCc1nc2ccccc2c(C)c1C(=O)OCC(=O)c1ccc(C)s1. The molecule has 3 rings (SSSR count). The predicted octanol–water partition coefficient (Wildman–Crippen LogP) is 4.52. The third-order valence-corrected chi connectivity index (χ3v) is 5.16. The zero-order chi connectivity index (χ0) is 18.0. The molecule has 0 amide bonds. The lowest BCUT2D eigenvalue weighted by atomic mass is 10.0. The number of fused-ring (bicyclic) bond motifs is 1. The largest absolute Gasteiger partial charge is 0.454 e. The van der Waals surface area contributed by atoms with Crippen molar-refractivity contribution in [3.8, 4) is 0 Å². The van der Waals surface area contributed by atoms with Gasteiger partial charge in [0.1, 0.15) is 0 Å². The molecule has 0 aliphatic heterocycles. The number of hydrogen-bond donors (Lipinski definition) is 0. The molecule has 0 N–H and O–H groups in total. The number of aromatic nitrogens is 1. The first-order chi connectivity index (χ1) is 12.0. The van der Waals surface area contributed by atoms with Crippen LogP contribution in [0.2, 0.25) is 0 Å². The van der Waals surface area contributed by atoms with E-state index in [0.29, 0.717) is 22.6 Å². The topological polar surface area (TPSA) is 56.3 Å². The van der Waals surface area contributed by atoms with Crippen LogP contribution in [0.3, 0.4) is 0 Å². The van der Waals surface area contributed by atoms with E-state index in [9.17, 15) is 9.59 Å². The molecule has 2 heterocycles. The summed E-state index contributed by atoms with van der Waals surface area (Å²) in [5.74, 6) is -0.676. The first kappa shape index (κ1) is 17.3. The fourth-order valence-corrected chi connectivity index (χ4v) is 3.62. The van der Waals surface area contributed by atoms with Crippen LogP contribution in [0.5, 0.6) is 0 Å². The summed E-state index contributed by atoms with van der Waals surface area (Å²) in [6.07, 6.45) is 0.619. The molecule has 0 spiro atoms. The van der Waals surface area contributed by atoms with Crippen LogP contribution in [-0.2, 0) is 11.2 Å². The first-order valence-electron chi connectivity index (χ1n) is 8.16.